The van der Waals surface area contributed by atoms with E-state index in [9.17, 15) is 19.5 Å². The highest BCUT2D eigenvalue weighted by Crippen LogP contribution is 2.30. The zero-order valence-electron chi connectivity index (χ0n) is 28.1. The number of unbranched alkanes of at least 4 members (excludes halogenated alkanes) is 16. The molecule has 0 aromatic carbocycles. The molecule has 0 aliphatic carbocycles. The Balaban J connectivity index is 5.49. The maximum absolute atomic E-state index is 13.6. The molecule has 3 amide bonds. The van der Waals surface area contributed by atoms with Crippen molar-refractivity contribution in [2.45, 2.75) is 181 Å². The summed E-state index contributed by atoms with van der Waals surface area (Å²) in [6.07, 6.45) is 21.9. The second kappa shape index (κ2) is 28.2. The SMILES string of the molecule is CCCCCCCCCCC(C(=O)NCCCCCC)C(O)(CCC(=O)NCCCCCC)C(=O)NCCCCCC. The second-order valence-electron chi connectivity index (χ2n) is 12.3. The van der Waals surface area contributed by atoms with Crippen molar-refractivity contribution >= 4 is 17.7 Å². The molecule has 4 N–H and O–H groups in total. The minimum atomic E-state index is -1.92. The first-order valence-corrected chi connectivity index (χ1v) is 17.9. The first kappa shape index (κ1) is 40.4. The Morgan fingerprint density at radius 3 is 1.45 bits per heavy atom. The maximum Gasteiger partial charge on any atom is 0.252 e. The molecular formula is C35H69N3O4. The number of hydrogen-bond donors (Lipinski definition) is 4. The topological polar surface area (TPSA) is 108 Å². The van der Waals surface area contributed by atoms with Crippen LogP contribution >= 0.6 is 0 Å². The van der Waals surface area contributed by atoms with Crippen molar-refractivity contribution in [2.75, 3.05) is 19.6 Å². The average molecular weight is 596 g/mol. The first-order chi connectivity index (χ1) is 20.4. The lowest BCUT2D eigenvalue weighted by Gasteiger charge is -2.34. The summed E-state index contributed by atoms with van der Waals surface area (Å²) >= 11 is 0. The molecule has 0 spiro atoms. The van der Waals surface area contributed by atoms with Crippen LogP contribution in [-0.4, -0.2) is 48.1 Å². The van der Waals surface area contributed by atoms with E-state index in [0.29, 0.717) is 26.1 Å². The van der Waals surface area contributed by atoms with Gasteiger partial charge in [0.15, 0.2) is 5.60 Å². The molecule has 248 valence electrons. The molecule has 0 aromatic rings. The van der Waals surface area contributed by atoms with E-state index < -0.39 is 17.4 Å². The Hall–Kier alpha value is -1.63. The van der Waals surface area contributed by atoms with Gasteiger partial charge in [-0.2, -0.15) is 0 Å². The number of carbonyl (C=O) groups excluding carboxylic acids is 3. The van der Waals surface area contributed by atoms with Crippen molar-refractivity contribution in [1.29, 1.82) is 0 Å². The van der Waals surface area contributed by atoms with Gasteiger partial charge in [0.2, 0.25) is 11.8 Å². The van der Waals surface area contributed by atoms with Crippen molar-refractivity contribution in [3.05, 3.63) is 0 Å². The molecule has 0 aliphatic heterocycles. The molecule has 0 saturated carbocycles. The number of hydrogen-bond acceptors (Lipinski definition) is 4. The fraction of sp³-hybridized carbons (Fsp3) is 0.914. The van der Waals surface area contributed by atoms with Gasteiger partial charge < -0.3 is 21.1 Å². The van der Waals surface area contributed by atoms with Crippen LogP contribution in [0.3, 0.4) is 0 Å². The minimum Gasteiger partial charge on any atom is -0.379 e. The van der Waals surface area contributed by atoms with Gasteiger partial charge in [-0.3, -0.25) is 14.4 Å². The standard InChI is InChI=1S/C35H69N3O4/c1-5-9-13-17-18-19-20-21-25-31(33(40)37-29-23-15-11-7-3)35(42,34(41)38-30-24-16-12-8-4)27-26-32(39)36-28-22-14-10-6-2/h31,42H,5-30H2,1-4H3,(H,36,39)(H,37,40)(H,38,41). The largest absolute Gasteiger partial charge is 0.379 e. The molecule has 0 rings (SSSR count). The predicted molar refractivity (Wildman–Crippen MR) is 176 cm³/mol. The Bertz CT molecular complexity index is 673. The molecule has 0 aliphatic rings. The predicted octanol–water partition coefficient (Wildman–Crippen LogP) is 7.73. The molecule has 0 fully saturated rings. The third-order valence-electron chi connectivity index (χ3n) is 8.36. The number of carbonyl (C=O) groups is 3. The van der Waals surface area contributed by atoms with Crippen molar-refractivity contribution in [3.63, 3.8) is 0 Å². The van der Waals surface area contributed by atoms with Gasteiger partial charge in [0.05, 0.1) is 5.92 Å². The van der Waals surface area contributed by atoms with Crippen LogP contribution in [0.5, 0.6) is 0 Å². The van der Waals surface area contributed by atoms with E-state index in [4.69, 9.17) is 0 Å². The monoisotopic (exact) mass is 596 g/mol. The summed E-state index contributed by atoms with van der Waals surface area (Å²) < 4.78 is 0. The van der Waals surface area contributed by atoms with Gasteiger partial charge in [0.25, 0.3) is 5.91 Å². The molecule has 0 radical (unpaired) electrons. The zero-order chi connectivity index (χ0) is 31.3. The Kier molecular flexibility index (Phi) is 27.1. The quantitative estimate of drug-likeness (QED) is 0.0637. The van der Waals surface area contributed by atoms with Gasteiger partial charge >= 0.3 is 0 Å². The maximum atomic E-state index is 13.6. The van der Waals surface area contributed by atoms with Crippen LogP contribution in [0.15, 0.2) is 0 Å². The molecule has 0 heterocycles. The highest BCUT2D eigenvalue weighted by atomic mass is 16.3. The van der Waals surface area contributed by atoms with Gasteiger partial charge in [0.1, 0.15) is 0 Å². The summed E-state index contributed by atoms with van der Waals surface area (Å²) in [5.74, 6) is -1.83. The molecule has 0 bridgehead atoms. The third kappa shape index (κ3) is 20.3. The highest BCUT2D eigenvalue weighted by molar-refractivity contribution is 5.93. The molecule has 42 heavy (non-hydrogen) atoms. The Morgan fingerprint density at radius 1 is 0.548 bits per heavy atom. The fourth-order valence-electron chi connectivity index (χ4n) is 5.48. The number of amides is 3. The van der Waals surface area contributed by atoms with E-state index in [1.807, 2.05) is 0 Å². The number of rotatable bonds is 30. The van der Waals surface area contributed by atoms with E-state index in [1.165, 1.54) is 32.1 Å². The summed E-state index contributed by atoms with van der Waals surface area (Å²) in [7, 11) is 0. The lowest BCUT2D eigenvalue weighted by atomic mass is 9.78. The summed E-state index contributed by atoms with van der Waals surface area (Å²) in [5, 5.41) is 20.9. The Labute approximate surface area is 259 Å². The third-order valence-corrected chi connectivity index (χ3v) is 8.36. The van der Waals surface area contributed by atoms with Crippen molar-refractivity contribution < 1.29 is 19.5 Å². The van der Waals surface area contributed by atoms with E-state index in [2.05, 4.69) is 43.6 Å². The Morgan fingerprint density at radius 2 is 0.952 bits per heavy atom. The van der Waals surface area contributed by atoms with Crippen LogP contribution in [0.2, 0.25) is 0 Å². The second-order valence-corrected chi connectivity index (χ2v) is 12.3. The fourth-order valence-corrected chi connectivity index (χ4v) is 5.48. The van der Waals surface area contributed by atoms with Gasteiger partial charge in [-0.1, -0.05) is 137 Å². The van der Waals surface area contributed by atoms with Crippen LogP contribution in [0.4, 0.5) is 0 Å². The summed E-state index contributed by atoms with van der Waals surface area (Å²) in [6, 6.07) is 0. The molecule has 7 heteroatoms. The van der Waals surface area contributed by atoms with Crippen LogP contribution in [0.25, 0.3) is 0 Å². The summed E-state index contributed by atoms with van der Waals surface area (Å²) in [5.41, 5.74) is -1.92. The molecule has 0 saturated heterocycles. The molecule has 2 atom stereocenters. The van der Waals surface area contributed by atoms with Crippen LogP contribution < -0.4 is 16.0 Å². The molecule has 0 aromatic heterocycles. The summed E-state index contributed by atoms with van der Waals surface area (Å²) in [4.78, 5) is 39.8. The van der Waals surface area contributed by atoms with Crippen LogP contribution in [0, 0.1) is 5.92 Å². The van der Waals surface area contributed by atoms with Gasteiger partial charge in [-0.15, -0.1) is 0 Å². The van der Waals surface area contributed by atoms with Crippen LogP contribution in [-0.2, 0) is 14.4 Å². The van der Waals surface area contributed by atoms with E-state index in [0.717, 1.165) is 96.3 Å². The molecule has 2 unspecified atom stereocenters. The minimum absolute atomic E-state index is 0.0191. The van der Waals surface area contributed by atoms with E-state index in [1.54, 1.807) is 0 Å². The van der Waals surface area contributed by atoms with E-state index in [-0.39, 0.29) is 24.7 Å². The molecule has 7 nitrogen and oxygen atoms in total. The van der Waals surface area contributed by atoms with Gasteiger partial charge in [-0.25, -0.2) is 0 Å². The van der Waals surface area contributed by atoms with Crippen molar-refractivity contribution in [2.24, 2.45) is 5.92 Å². The van der Waals surface area contributed by atoms with Crippen LogP contribution in [0.1, 0.15) is 175 Å². The number of nitrogens with one attached hydrogen (secondary N) is 3. The van der Waals surface area contributed by atoms with Crippen molar-refractivity contribution in [1.82, 2.24) is 16.0 Å². The first-order valence-electron chi connectivity index (χ1n) is 17.9. The normalized spacial score (nSPS) is 13.4. The number of aliphatic hydroxyl groups is 1. The lowest BCUT2D eigenvalue weighted by molar-refractivity contribution is -0.156. The smallest absolute Gasteiger partial charge is 0.252 e. The van der Waals surface area contributed by atoms with Gasteiger partial charge in [-0.05, 0) is 32.1 Å². The van der Waals surface area contributed by atoms with E-state index >= 15 is 0 Å². The summed E-state index contributed by atoms with van der Waals surface area (Å²) in [6.45, 7) is 10.3. The highest BCUT2D eigenvalue weighted by Gasteiger charge is 2.47. The van der Waals surface area contributed by atoms with Crippen molar-refractivity contribution in [3.8, 4) is 0 Å². The average Bonchev–Trinajstić information content (AvgIpc) is 2.98. The zero-order valence-corrected chi connectivity index (χ0v) is 28.1. The lowest BCUT2D eigenvalue weighted by Crippen LogP contribution is -2.57. The van der Waals surface area contributed by atoms with Gasteiger partial charge in [0, 0.05) is 26.1 Å². The molecular weight excluding hydrogens is 526 g/mol.